The molecule has 1 atom stereocenters. The number of aromatic amines is 1. The molecule has 0 amide bonds. The van der Waals surface area contributed by atoms with Gasteiger partial charge in [0.1, 0.15) is 5.82 Å². The number of nitrogens with two attached hydrogens (primary N) is 1. The Morgan fingerprint density at radius 3 is 3.00 bits per heavy atom. The van der Waals surface area contributed by atoms with Crippen molar-refractivity contribution in [3.8, 4) is 11.3 Å². The molecule has 1 unspecified atom stereocenters. The van der Waals surface area contributed by atoms with E-state index in [2.05, 4.69) is 15.0 Å². The molecular weight excluding hydrogens is 204 g/mol. The summed E-state index contributed by atoms with van der Waals surface area (Å²) in [6.45, 7) is 1.79. The van der Waals surface area contributed by atoms with Gasteiger partial charge in [0, 0.05) is 23.7 Å². The van der Waals surface area contributed by atoms with Crippen LogP contribution in [0.3, 0.4) is 0 Å². The van der Waals surface area contributed by atoms with Crippen LogP contribution >= 0.6 is 0 Å². The topological polar surface area (TPSA) is 87.8 Å². The molecule has 0 aromatic carbocycles. The van der Waals surface area contributed by atoms with Gasteiger partial charge in [0.05, 0.1) is 18.3 Å². The summed E-state index contributed by atoms with van der Waals surface area (Å²) < 4.78 is 0. The highest BCUT2D eigenvalue weighted by atomic mass is 16.3. The summed E-state index contributed by atoms with van der Waals surface area (Å²) in [6.07, 6.45) is 3.46. The number of aromatic nitrogens is 3. The maximum absolute atomic E-state index is 8.96. The van der Waals surface area contributed by atoms with Crippen LogP contribution < -0.4 is 5.73 Å². The van der Waals surface area contributed by atoms with Crippen molar-refractivity contribution in [2.75, 3.05) is 6.61 Å². The molecule has 0 aliphatic heterocycles. The highest BCUT2D eigenvalue weighted by Crippen LogP contribution is 2.21. The maximum Gasteiger partial charge on any atom is 0.126 e. The Labute approximate surface area is 93.4 Å². The minimum Gasteiger partial charge on any atom is -0.394 e. The van der Waals surface area contributed by atoms with Gasteiger partial charge in [0.15, 0.2) is 0 Å². The first-order valence-corrected chi connectivity index (χ1v) is 5.05. The van der Waals surface area contributed by atoms with Crippen LogP contribution in [0.2, 0.25) is 0 Å². The third kappa shape index (κ3) is 1.95. The molecule has 4 N–H and O–H groups in total. The lowest BCUT2D eigenvalue weighted by Gasteiger charge is -2.02. The third-order valence-electron chi connectivity index (χ3n) is 2.39. The van der Waals surface area contributed by atoms with Crippen molar-refractivity contribution in [2.45, 2.75) is 13.0 Å². The van der Waals surface area contributed by atoms with Crippen LogP contribution in [0.5, 0.6) is 0 Å². The Kier molecular flexibility index (Phi) is 2.98. The summed E-state index contributed by atoms with van der Waals surface area (Å²) in [5.41, 5.74) is 8.38. The van der Waals surface area contributed by atoms with Crippen LogP contribution in [0.25, 0.3) is 11.3 Å². The molecule has 0 saturated heterocycles. The fraction of sp³-hybridized carbons (Fsp3) is 0.273. The van der Waals surface area contributed by atoms with Crippen molar-refractivity contribution in [1.29, 1.82) is 0 Å². The van der Waals surface area contributed by atoms with Gasteiger partial charge >= 0.3 is 0 Å². The Bertz CT molecular complexity index is 466. The number of rotatable bonds is 3. The molecule has 2 aromatic rings. The molecule has 16 heavy (non-hydrogen) atoms. The van der Waals surface area contributed by atoms with Crippen LogP contribution in [0.4, 0.5) is 0 Å². The first-order valence-electron chi connectivity index (χ1n) is 5.05. The van der Waals surface area contributed by atoms with Crippen molar-refractivity contribution in [1.82, 2.24) is 15.0 Å². The molecule has 0 spiro atoms. The van der Waals surface area contributed by atoms with Crippen molar-refractivity contribution in [2.24, 2.45) is 5.73 Å². The molecule has 5 nitrogen and oxygen atoms in total. The highest BCUT2D eigenvalue weighted by molar-refractivity contribution is 5.60. The van der Waals surface area contributed by atoms with E-state index in [-0.39, 0.29) is 6.61 Å². The van der Waals surface area contributed by atoms with E-state index >= 15 is 0 Å². The average Bonchev–Trinajstić information content (AvgIpc) is 2.71. The standard InChI is InChI=1S/C11H14N4O/c1-7-10(8-3-2-4-13-5-8)15-11(14-7)9(12)6-16/h2-5,9,16H,6,12H2,1H3,(H,14,15). The third-order valence-corrected chi connectivity index (χ3v) is 2.39. The lowest BCUT2D eigenvalue weighted by atomic mass is 10.2. The Balaban J connectivity index is 2.40. The molecule has 0 saturated carbocycles. The molecule has 5 heteroatoms. The van der Waals surface area contributed by atoms with Crippen molar-refractivity contribution in [3.05, 3.63) is 36.0 Å². The van der Waals surface area contributed by atoms with Gasteiger partial charge < -0.3 is 15.8 Å². The van der Waals surface area contributed by atoms with Crippen molar-refractivity contribution < 1.29 is 5.11 Å². The lowest BCUT2D eigenvalue weighted by Crippen LogP contribution is -2.16. The summed E-state index contributed by atoms with van der Waals surface area (Å²) in [6, 6.07) is 3.32. The Hall–Kier alpha value is -1.72. The average molecular weight is 218 g/mol. The van der Waals surface area contributed by atoms with E-state index in [0.717, 1.165) is 17.0 Å². The van der Waals surface area contributed by atoms with E-state index in [4.69, 9.17) is 10.8 Å². The van der Waals surface area contributed by atoms with Crippen LogP contribution in [0.1, 0.15) is 17.6 Å². The lowest BCUT2D eigenvalue weighted by molar-refractivity contribution is 0.264. The number of hydrogen-bond donors (Lipinski definition) is 3. The van der Waals surface area contributed by atoms with E-state index in [1.54, 1.807) is 12.4 Å². The van der Waals surface area contributed by atoms with E-state index in [0.29, 0.717) is 5.82 Å². The zero-order valence-corrected chi connectivity index (χ0v) is 9.01. The zero-order chi connectivity index (χ0) is 11.5. The van der Waals surface area contributed by atoms with Crippen LogP contribution in [-0.4, -0.2) is 26.7 Å². The SMILES string of the molecule is Cc1[nH]c(C(N)CO)nc1-c1cccnc1. The monoisotopic (exact) mass is 218 g/mol. The molecule has 0 bridgehead atoms. The van der Waals surface area contributed by atoms with E-state index < -0.39 is 6.04 Å². The number of nitrogens with one attached hydrogen (secondary N) is 1. The molecule has 0 aliphatic carbocycles. The summed E-state index contributed by atoms with van der Waals surface area (Å²) in [5, 5.41) is 8.96. The number of hydrogen-bond acceptors (Lipinski definition) is 4. The van der Waals surface area contributed by atoms with Crippen LogP contribution in [-0.2, 0) is 0 Å². The number of aliphatic hydroxyl groups excluding tert-OH is 1. The highest BCUT2D eigenvalue weighted by Gasteiger charge is 2.13. The van der Waals surface area contributed by atoms with Crippen molar-refractivity contribution in [3.63, 3.8) is 0 Å². The molecule has 0 radical (unpaired) electrons. The van der Waals surface area contributed by atoms with Crippen LogP contribution in [0, 0.1) is 6.92 Å². The molecule has 84 valence electrons. The van der Waals surface area contributed by atoms with Gasteiger partial charge in [-0.2, -0.15) is 0 Å². The molecule has 0 aliphatic rings. The van der Waals surface area contributed by atoms with E-state index in [1.165, 1.54) is 0 Å². The van der Waals surface area contributed by atoms with Gasteiger partial charge in [-0.15, -0.1) is 0 Å². The van der Waals surface area contributed by atoms with E-state index in [9.17, 15) is 0 Å². The number of aryl methyl sites for hydroxylation is 1. The number of imidazole rings is 1. The van der Waals surface area contributed by atoms with Gasteiger partial charge in [0.25, 0.3) is 0 Å². The number of pyridine rings is 1. The predicted molar refractivity (Wildman–Crippen MR) is 60.6 cm³/mol. The second-order valence-electron chi connectivity index (χ2n) is 3.63. The molecular formula is C11H14N4O. The fourth-order valence-corrected chi connectivity index (χ4v) is 1.53. The van der Waals surface area contributed by atoms with Crippen molar-refractivity contribution >= 4 is 0 Å². The van der Waals surface area contributed by atoms with Gasteiger partial charge in [-0.25, -0.2) is 4.98 Å². The minimum atomic E-state index is -0.468. The predicted octanol–water partition coefficient (Wildman–Crippen LogP) is 0.772. The van der Waals surface area contributed by atoms with Gasteiger partial charge in [-0.05, 0) is 19.1 Å². The number of nitrogens with zero attached hydrogens (tertiary/aromatic N) is 2. The van der Waals surface area contributed by atoms with Gasteiger partial charge in [-0.1, -0.05) is 0 Å². The summed E-state index contributed by atoms with van der Waals surface area (Å²) in [4.78, 5) is 11.5. The Morgan fingerprint density at radius 2 is 2.38 bits per heavy atom. The normalized spacial score (nSPS) is 12.7. The smallest absolute Gasteiger partial charge is 0.126 e. The Morgan fingerprint density at radius 1 is 1.56 bits per heavy atom. The summed E-state index contributed by atoms with van der Waals surface area (Å²) in [5.74, 6) is 0.596. The largest absolute Gasteiger partial charge is 0.394 e. The number of aliphatic hydroxyl groups is 1. The second-order valence-corrected chi connectivity index (χ2v) is 3.63. The summed E-state index contributed by atoms with van der Waals surface area (Å²) >= 11 is 0. The second kappa shape index (κ2) is 4.42. The number of H-pyrrole nitrogens is 1. The molecule has 2 heterocycles. The molecule has 2 aromatic heterocycles. The maximum atomic E-state index is 8.96. The van der Waals surface area contributed by atoms with Gasteiger partial charge in [0.2, 0.25) is 0 Å². The van der Waals surface area contributed by atoms with E-state index in [1.807, 2.05) is 19.1 Å². The molecule has 0 fully saturated rings. The zero-order valence-electron chi connectivity index (χ0n) is 9.01. The first kappa shape index (κ1) is 10.8. The van der Waals surface area contributed by atoms with Gasteiger partial charge in [-0.3, -0.25) is 4.98 Å². The first-order chi connectivity index (χ1) is 7.72. The quantitative estimate of drug-likeness (QED) is 0.710. The fourth-order valence-electron chi connectivity index (χ4n) is 1.53. The molecule has 2 rings (SSSR count). The minimum absolute atomic E-state index is 0.126. The van der Waals surface area contributed by atoms with Crippen LogP contribution in [0.15, 0.2) is 24.5 Å². The summed E-state index contributed by atoms with van der Waals surface area (Å²) in [7, 11) is 0.